The molecule has 0 aromatic carbocycles. The Balaban J connectivity index is 4.42. The topological polar surface area (TPSA) is 75.6 Å². The van der Waals surface area contributed by atoms with E-state index in [1.54, 1.807) is 33.6 Å². The Hall–Kier alpha value is -1.16. The molecule has 0 rings (SSSR count). The third kappa shape index (κ3) is 6.01. The molecule has 0 aliphatic heterocycles. The van der Waals surface area contributed by atoms with Gasteiger partial charge in [-0.25, -0.2) is 4.79 Å². The number of carboxylic acids is 1. The molecule has 1 unspecified atom stereocenters. The number of aliphatic carboxylic acids is 1. The van der Waals surface area contributed by atoms with Crippen molar-refractivity contribution in [2.24, 2.45) is 5.92 Å². The van der Waals surface area contributed by atoms with E-state index in [4.69, 9.17) is 9.94 Å². The maximum Gasteiger partial charge on any atom is 0.323 e. The van der Waals surface area contributed by atoms with Crippen molar-refractivity contribution in [3.05, 3.63) is 6.08 Å². The van der Waals surface area contributed by atoms with Crippen LogP contribution < -0.4 is 5.48 Å². The Morgan fingerprint density at radius 1 is 1.53 bits per heavy atom. The fourth-order valence-electron chi connectivity index (χ4n) is 0.826. The molecule has 0 aromatic rings. The first-order valence-electron chi connectivity index (χ1n) is 4.65. The molecule has 5 nitrogen and oxygen atoms in total. The molecular formula is C10H17NO4. The molecule has 0 heterocycles. The van der Waals surface area contributed by atoms with Crippen molar-refractivity contribution < 1.29 is 19.5 Å². The predicted molar refractivity (Wildman–Crippen MR) is 54.8 cm³/mol. The Morgan fingerprint density at radius 2 is 2.07 bits per heavy atom. The van der Waals surface area contributed by atoms with Gasteiger partial charge in [-0.15, -0.1) is 0 Å². The summed E-state index contributed by atoms with van der Waals surface area (Å²) in [5.41, 5.74) is 1.95. The molecule has 0 bridgehead atoms. The van der Waals surface area contributed by atoms with E-state index in [-0.39, 0.29) is 0 Å². The van der Waals surface area contributed by atoms with Crippen molar-refractivity contribution >= 4 is 11.9 Å². The average Bonchev–Trinajstić information content (AvgIpc) is 2.01. The van der Waals surface area contributed by atoms with Gasteiger partial charge in [0.25, 0.3) is 0 Å². The number of hydroxylamine groups is 1. The van der Waals surface area contributed by atoms with Crippen LogP contribution in [0.5, 0.6) is 0 Å². The number of nitrogens with one attached hydrogen (secondary N) is 1. The third-order valence-corrected chi connectivity index (χ3v) is 1.61. The molecule has 0 amide bonds. The van der Waals surface area contributed by atoms with Crippen LogP contribution in [0.15, 0.2) is 6.08 Å². The molecule has 15 heavy (non-hydrogen) atoms. The summed E-state index contributed by atoms with van der Waals surface area (Å²) in [6.07, 6.45) is 1.15. The molecule has 0 aromatic heterocycles. The van der Waals surface area contributed by atoms with E-state index >= 15 is 0 Å². The first kappa shape index (κ1) is 13.8. The monoisotopic (exact) mass is 215 g/mol. The molecule has 2 atom stereocenters. The zero-order valence-electron chi connectivity index (χ0n) is 9.40. The highest BCUT2D eigenvalue weighted by Gasteiger charge is 2.25. The number of carboxylic acid groups (broad SMARTS) is 1. The number of carbonyl (C=O) groups is 1. The van der Waals surface area contributed by atoms with Gasteiger partial charge in [-0.2, -0.15) is 5.48 Å². The van der Waals surface area contributed by atoms with Gasteiger partial charge >= 0.3 is 5.97 Å². The lowest BCUT2D eigenvalue weighted by atomic mass is 10.0. The zero-order valence-corrected chi connectivity index (χ0v) is 9.40. The average molecular weight is 215 g/mol. The van der Waals surface area contributed by atoms with Gasteiger partial charge in [-0.3, -0.25) is 9.63 Å². The van der Waals surface area contributed by atoms with Crippen LogP contribution in [0.1, 0.15) is 27.7 Å². The fourth-order valence-corrected chi connectivity index (χ4v) is 0.826. The summed E-state index contributed by atoms with van der Waals surface area (Å²) < 4.78 is 0. The van der Waals surface area contributed by atoms with Gasteiger partial charge < -0.3 is 5.11 Å². The van der Waals surface area contributed by atoms with Crippen LogP contribution in [0.4, 0.5) is 0 Å². The Bertz CT molecular complexity index is 263. The molecule has 2 N–H and O–H groups in total. The largest absolute Gasteiger partial charge is 0.480 e. The summed E-state index contributed by atoms with van der Waals surface area (Å²) in [4.78, 5) is 26.1. The van der Waals surface area contributed by atoms with Crippen LogP contribution in [0.2, 0.25) is 0 Å². The molecule has 0 spiro atoms. The van der Waals surface area contributed by atoms with Gasteiger partial charge in [-0.1, -0.05) is 6.92 Å². The van der Waals surface area contributed by atoms with Crippen LogP contribution >= 0.6 is 0 Å². The summed E-state index contributed by atoms with van der Waals surface area (Å²) in [5, 5.41) is 8.87. The van der Waals surface area contributed by atoms with Crippen molar-refractivity contribution in [3.8, 4) is 0 Å². The second-order valence-corrected chi connectivity index (χ2v) is 4.29. The summed E-state index contributed by atoms with van der Waals surface area (Å²) in [6.45, 7) is 6.97. The number of rotatable bonds is 5. The Morgan fingerprint density at radius 3 is 2.40 bits per heavy atom. The van der Waals surface area contributed by atoms with Gasteiger partial charge in [0, 0.05) is 12.0 Å². The van der Waals surface area contributed by atoms with Gasteiger partial charge in [0.1, 0.15) is 12.0 Å². The van der Waals surface area contributed by atoms with Crippen LogP contribution in [-0.2, 0) is 14.4 Å². The molecule has 5 heteroatoms. The number of hydrogen-bond acceptors (Lipinski definition) is 4. The van der Waals surface area contributed by atoms with Crippen LogP contribution in [-0.4, -0.2) is 28.7 Å². The van der Waals surface area contributed by atoms with Crippen molar-refractivity contribution in [2.45, 2.75) is 39.3 Å². The van der Waals surface area contributed by atoms with E-state index in [2.05, 4.69) is 5.48 Å². The smallest absolute Gasteiger partial charge is 0.323 e. The lowest BCUT2D eigenvalue weighted by Crippen LogP contribution is -2.44. The van der Waals surface area contributed by atoms with Crippen LogP contribution in [0, 0.1) is 5.92 Å². The van der Waals surface area contributed by atoms with E-state index < -0.39 is 23.5 Å². The summed E-state index contributed by atoms with van der Waals surface area (Å²) in [6, 6.07) is -0.953. The molecular weight excluding hydrogens is 198 g/mol. The minimum absolute atomic E-state index is 0.484. The Kier molecular flexibility index (Phi) is 5.22. The molecule has 0 aliphatic rings. The van der Waals surface area contributed by atoms with Crippen LogP contribution in [0.25, 0.3) is 0 Å². The van der Waals surface area contributed by atoms with Crippen molar-refractivity contribution in [3.63, 3.8) is 0 Å². The zero-order chi connectivity index (χ0) is 12.1. The SMILES string of the molecule is CC(C=C=O)[C@H](NOC(C)(C)C)C(=O)O. The first-order valence-corrected chi connectivity index (χ1v) is 4.65. The lowest BCUT2D eigenvalue weighted by molar-refractivity contribution is -0.152. The van der Waals surface area contributed by atoms with Crippen molar-refractivity contribution in [2.75, 3.05) is 0 Å². The van der Waals surface area contributed by atoms with Gasteiger partial charge in [0.05, 0.1) is 5.60 Å². The molecule has 0 saturated carbocycles. The maximum absolute atomic E-state index is 10.8. The quantitative estimate of drug-likeness (QED) is 0.523. The molecule has 0 fully saturated rings. The highest BCUT2D eigenvalue weighted by atomic mass is 16.7. The Labute approximate surface area is 89.1 Å². The fraction of sp³-hybridized carbons (Fsp3) is 0.700. The van der Waals surface area contributed by atoms with Gasteiger partial charge in [0.15, 0.2) is 0 Å². The third-order valence-electron chi connectivity index (χ3n) is 1.61. The van der Waals surface area contributed by atoms with Crippen molar-refractivity contribution in [1.82, 2.24) is 5.48 Å². The molecule has 0 saturated heterocycles. The maximum atomic E-state index is 10.8. The van der Waals surface area contributed by atoms with E-state index in [0.29, 0.717) is 0 Å². The summed E-state index contributed by atoms with van der Waals surface area (Å²) in [7, 11) is 0. The van der Waals surface area contributed by atoms with Crippen LogP contribution in [0.3, 0.4) is 0 Å². The van der Waals surface area contributed by atoms with Gasteiger partial charge in [-0.05, 0) is 20.8 Å². The first-order chi connectivity index (χ1) is 6.78. The van der Waals surface area contributed by atoms with E-state index in [1.807, 2.05) is 0 Å². The standard InChI is InChI=1S/C10H17NO4/c1-7(5-6-12)8(9(13)14)11-15-10(2,3)4/h5,7-8,11H,1-4H3,(H,13,14)/t7?,8-/m0/s1. The van der Waals surface area contributed by atoms with Gasteiger partial charge in [0.2, 0.25) is 0 Å². The summed E-state index contributed by atoms with van der Waals surface area (Å²) >= 11 is 0. The van der Waals surface area contributed by atoms with E-state index in [0.717, 1.165) is 6.08 Å². The second-order valence-electron chi connectivity index (χ2n) is 4.29. The normalized spacial score (nSPS) is 15.2. The molecule has 0 radical (unpaired) electrons. The van der Waals surface area contributed by atoms with E-state index in [1.165, 1.54) is 0 Å². The predicted octanol–water partition coefficient (Wildman–Crippen LogP) is 0.783. The molecule has 0 aliphatic carbocycles. The number of carbonyl (C=O) groups excluding carboxylic acids is 1. The van der Waals surface area contributed by atoms with E-state index in [9.17, 15) is 9.59 Å². The minimum atomic E-state index is -1.07. The highest BCUT2D eigenvalue weighted by Crippen LogP contribution is 2.09. The molecule has 86 valence electrons. The van der Waals surface area contributed by atoms with Crippen molar-refractivity contribution in [1.29, 1.82) is 0 Å². The highest BCUT2D eigenvalue weighted by molar-refractivity contribution is 5.74. The summed E-state index contributed by atoms with van der Waals surface area (Å²) in [5.74, 6) is 0.0111. The lowest BCUT2D eigenvalue weighted by Gasteiger charge is -2.24. The minimum Gasteiger partial charge on any atom is -0.480 e. The second kappa shape index (κ2) is 5.66. The number of hydrogen-bond donors (Lipinski definition) is 2.